The van der Waals surface area contributed by atoms with Crippen molar-refractivity contribution >= 4 is 33.2 Å². The fourth-order valence-electron chi connectivity index (χ4n) is 0.538. The van der Waals surface area contributed by atoms with Crippen LogP contribution in [0.25, 0.3) is 0 Å². The number of thiophene rings is 1. The van der Waals surface area contributed by atoms with Gasteiger partial charge in [0.2, 0.25) is 0 Å². The predicted octanol–water partition coefficient (Wildman–Crippen LogP) is 2.83. The summed E-state index contributed by atoms with van der Waals surface area (Å²) in [6.45, 7) is 3.50. The molecule has 0 bridgehead atoms. The maximum absolute atomic E-state index is 11.3. The lowest BCUT2D eigenvalue weighted by molar-refractivity contribution is -0.135. The van der Waals surface area contributed by atoms with Crippen LogP contribution in [-0.2, 0) is 4.79 Å². The first kappa shape index (κ1) is 9.74. The summed E-state index contributed by atoms with van der Waals surface area (Å²) in [6, 6.07) is 1.77. The summed E-state index contributed by atoms with van der Waals surface area (Å²) in [7, 11) is 0. The van der Waals surface area contributed by atoms with E-state index >= 15 is 0 Å². The number of hydrogen-bond donors (Lipinski definition) is 0. The van der Waals surface area contributed by atoms with Crippen LogP contribution in [0.15, 0.2) is 16.8 Å². The highest BCUT2D eigenvalue weighted by atomic mass is 79.9. The molecule has 0 aliphatic heterocycles. The molecule has 0 saturated heterocycles. The fourth-order valence-corrected chi connectivity index (χ4v) is 1.17. The molecule has 0 amide bonds. The van der Waals surface area contributed by atoms with E-state index in [2.05, 4.69) is 15.9 Å². The van der Waals surface area contributed by atoms with Crippen LogP contribution in [0.3, 0.4) is 0 Å². The molecular formula is C8H9BrO2S. The molecule has 0 aliphatic rings. The first-order valence-electron chi connectivity index (χ1n) is 3.43. The zero-order valence-electron chi connectivity index (χ0n) is 6.83. The van der Waals surface area contributed by atoms with E-state index < -0.39 is 4.32 Å². The number of hydrogen-bond acceptors (Lipinski definition) is 3. The minimum absolute atomic E-state index is 0.277. The van der Waals surface area contributed by atoms with Crippen LogP contribution in [0.1, 0.15) is 13.8 Å². The highest BCUT2D eigenvalue weighted by Crippen LogP contribution is 2.21. The van der Waals surface area contributed by atoms with Gasteiger partial charge in [-0.05, 0) is 25.3 Å². The predicted molar refractivity (Wildman–Crippen MR) is 53.0 cm³/mol. The Morgan fingerprint density at radius 3 is 2.75 bits per heavy atom. The summed E-state index contributed by atoms with van der Waals surface area (Å²) in [6.07, 6.45) is 0. The minimum Gasteiger partial charge on any atom is -0.425 e. The molecule has 0 saturated carbocycles. The molecule has 0 radical (unpaired) electrons. The first-order valence-corrected chi connectivity index (χ1v) is 5.17. The second-order valence-electron chi connectivity index (χ2n) is 2.82. The molecule has 0 aliphatic carbocycles. The Balaban J connectivity index is 2.60. The largest absolute Gasteiger partial charge is 0.425 e. The van der Waals surface area contributed by atoms with Gasteiger partial charge < -0.3 is 4.74 Å². The van der Waals surface area contributed by atoms with E-state index in [-0.39, 0.29) is 5.97 Å². The lowest BCUT2D eigenvalue weighted by atomic mass is 10.2. The number of halogens is 1. The van der Waals surface area contributed by atoms with Crippen LogP contribution in [0.4, 0.5) is 0 Å². The maximum atomic E-state index is 11.3. The standard InChI is InChI=1S/C8H9BrO2S/c1-8(2,9)7(10)11-6-3-4-12-5-6/h3-5H,1-2H3. The van der Waals surface area contributed by atoms with Gasteiger partial charge in [0.05, 0.1) is 0 Å². The molecule has 0 N–H and O–H groups in total. The molecule has 1 heterocycles. The van der Waals surface area contributed by atoms with Crippen LogP contribution >= 0.6 is 27.3 Å². The molecule has 1 rings (SSSR count). The zero-order valence-corrected chi connectivity index (χ0v) is 9.24. The molecule has 1 aromatic rings. The zero-order chi connectivity index (χ0) is 9.19. The van der Waals surface area contributed by atoms with Gasteiger partial charge >= 0.3 is 5.97 Å². The van der Waals surface area contributed by atoms with Crippen molar-refractivity contribution in [1.29, 1.82) is 0 Å². The highest BCUT2D eigenvalue weighted by molar-refractivity contribution is 9.10. The quantitative estimate of drug-likeness (QED) is 0.595. The molecule has 2 nitrogen and oxygen atoms in total. The molecule has 0 fully saturated rings. The smallest absolute Gasteiger partial charge is 0.327 e. The van der Waals surface area contributed by atoms with Gasteiger partial charge in [-0.15, -0.1) is 11.3 Å². The van der Waals surface area contributed by atoms with Crippen LogP contribution in [0.5, 0.6) is 5.75 Å². The number of rotatable bonds is 2. The minimum atomic E-state index is -0.616. The van der Waals surface area contributed by atoms with Crippen molar-refractivity contribution in [2.75, 3.05) is 0 Å². The molecule has 0 unspecified atom stereocenters. The van der Waals surface area contributed by atoms with Crippen LogP contribution < -0.4 is 4.74 Å². The Bertz CT molecular complexity index is 261. The van der Waals surface area contributed by atoms with Gasteiger partial charge in [-0.3, -0.25) is 4.79 Å². The summed E-state index contributed by atoms with van der Waals surface area (Å²) >= 11 is 4.72. The monoisotopic (exact) mass is 248 g/mol. The van der Waals surface area contributed by atoms with E-state index in [1.54, 1.807) is 25.3 Å². The number of carbonyl (C=O) groups is 1. The summed E-state index contributed by atoms with van der Waals surface area (Å²) < 4.78 is 4.43. The van der Waals surface area contributed by atoms with Gasteiger partial charge in [-0.25, -0.2) is 0 Å². The van der Waals surface area contributed by atoms with Gasteiger partial charge in [0, 0.05) is 5.38 Å². The number of carbonyl (C=O) groups excluding carboxylic acids is 1. The fraction of sp³-hybridized carbons (Fsp3) is 0.375. The first-order chi connectivity index (χ1) is 5.50. The number of alkyl halides is 1. The van der Waals surface area contributed by atoms with Crippen LogP contribution in [0, 0.1) is 0 Å². The Kier molecular flexibility index (Phi) is 2.90. The maximum Gasteiger partial charge on any atom is 0.327 e. The third-order valence-corrected chi connectivity index (χ3v) is 2.18. The van der Waals surface area contributed by atoms with E-state index in [0.717, 1.165) is 0 Å². The van der Waals surface area contributed by atoms with Crippen molar-refractivity contribution in [3.05, 3.63) is 16.8 Å². The molecule has 0 spiro atoms. The number of esters is 1. The number of ether oxygens (including phenoxy) is 1. The lowest BCUT2D eigenvalue weighted by Gasteiger charge is -2.13. The topological polar surface area (TPSA) is 26.3 Å². The lowest BCUT2D eigenvalue weighted by Crippen LogP contribution is -2.28. The molecule has 0 aromatic carbocycles. The van der Waals surface area contributed by atoms with E-state index in [1.807, 2.05) is 5.38 Å². The van der Waals surface area contributed by atoms with Gasteiger partial charge in [-0.2, -0.15) is 0 Å². The SMILES string of the molecule is CC(C)(Br)C(=O)Oc1ccsc1. The van der Waals surface area contributed by atoms with E-state index in [1.165, 1.54) is 11.3 Å². The summed E-state index contributed by atoms with van der Waals surface area (Å²) in [4.78, 5) is 11.3. The van der Waals surface area contributed by atoms with E-state index in [4.69, 9.17) is 4.74 Å². The van der Waals surface area contributed by atoms with Gasteiger partial charge in [-0.1, -0.05) is 15.9 Å². The highest BCUT2D eigenvalue weighted by Gasteiger charge is 2.25. The molecule has 12 heavy (non-hydrogen) atoms. The molecule has 0 atom stereocenters. The van der Waals surface area contributed by atoms with Crippen molar-refractivity contribution in [3.8, 4) is 5.75 Å². The van der Waals surface area contributed by atoms with Gasteiger partial charge in [0.15, 0.2) is 0 Å². The second-order valence-corrected chi connectivity index (χ2v) is 5.58. The summed E-state index contributed by atoms with van der Waals surface area (Å²) in [5.41, 5.74) is 0. The second kappa shape index (κ2) is 3.58. The molecular weight excluding hydrogens is 240 g/mol. The Hall–Kier alpha value is -0.350. The van der Waals surface area contributed by atoms with Crippen molar-refractivity contribution in [3.63, 3.8) is 0 Å². The Labute approximate surface area is 83.7 Å². The van der Waals surface area contributed by atoms with E-state index in [9.17, 15) is 4.79 Å². The third-order valence-electron chi connectivity index (χ3n) is 1.19. The summed E-state index contributed by atoms with van der Waals surface area (Å²) in [5, 5.41) is 3.65. The normalized spacial score (nSPS) is 11.2. The van der Waals surface area contributed by atoms with Crippen LogP contribution in [-0.4, -0.2) is 10.3 Å². The molecule has 66 valence electrons. The summed E-state index contributed by atoms with van der Waals surface area (Å²) in [5.74, 6) is 0.332. The van der Waals surface area contributed by atoms with Gasteiger partial charge in [0.1, 0.15) is 10.1 Å². The molecule has 1 aromatic heterocycles. The third kappa shape index (κ3) is 2.60. The average molecular weight is 249 g/mol. The van der Waals surface area contributed by atoms with Crippen molar-refractivity contribution in [2.24, 2.45) is 0 Å². The van der Waals surface area contributed by atoms with Crippen LogP contribution in [0.2, 0.25) is 0 Å². The van der Waals surface area contributed by atoms with Crippen molar-refractivity contribution in [1.82, 2.24) is 0 Å². The Morgan fingerprint density at radius 2 is 2.33 bits per heavy atom. The van der Waals surface area contributed by atoms with Crippen molar-refractivity contribution in [2.45, 2.75) is 18.2 Å². The van der Waals surface area contributed by atoms with Gasteiger partial charge in [0.25, 0.3) is 0 Å². The molecule has 4 heteroatoms. The average Bonchev–Trinajstić information content (AvgIpc) is 2.37. The van der Waals surface area contributed by atoms with E-state index in [0.29, 0.717) is 5.75 Å². The van der Waals surface area contributed by atoms with Crippen molar-refractivity contribution < 1.29 is 9.53 Å². The Morgan fingerprint density at radius 1 is 1.67 bits per heavy atom.